The number of nitrogens with one attached hydrogen (secondary N) is 1. The zero-order chi connectivity index (χ0) is 13.7. The molecule has 0 saturated carbocycles. The number of likely N-dealkylation sites (N-methyl/N-ethyl adjacent to an activating group) is 1. The Hall–Kier alpha value is -1.16. The van der Waals surface area contributed by atoms with E-state index in [1.54, 1.807) is 0 Å². The first-order chi connectivity index (χ1) is 8.41. The first kappa shape index (κ1) is 14.9. The highest BCUT2D eigenvalue weighted by Gasteiger charge is 2.15. The van der Waals surface area contributed by atoms with Crippen LogP contribution in [-0.2, 0) is 0 Å². The fraction of sp³-hybridized carbons (Fsp3) is 0.714. The lowest BCUT2D eigenvalue weighted by molar-refractivity contribution is 0.243. The van der Waals surface area contributed by atoms with E-state index in [1.165, 1.54) is 0 Å². The van der Waals surface area contributed by atoms with Crippen LogP contribution in [0.3, 0.4) is 0 Å². The molecule has 0 spiro atoms. The summed E-state index contributed by atoms with van der Waals surface area (Å²) in [6, 6.07) is 4.55. The van der Waals surface area contributed by atoms with Gasteiger partial charge in [-0.3, -0.25) is 0 Å². The molecule has 0 amide bonds. The van der Waals surface area contributed by atoms with Gasteiger partial charge in [0.05, 0.1) is 5.69 Å². The van der Waals surface area contributed by atoms with Crippen molar-refractivity contribution in [3.05, 3.63) is 17.8 Å². The molecule has 1 aromatic rings. The number of nitrogens with zero attached hydrogens (tertiary/aromatic N) is 3. The molecule has 0 aliphatic heterocycles. The molecule has 1 aromatic heterocycles. The quantitative estimate of drug-likeness (QED) is 0.842. The second-order valence-electron chi connectivity index (χ2n) is 5.65. The van der Waals surface area contributed by atoms with Crippen LogP contribution >= 0.6 is 0 Å². The highest BCUT2D eigenvalue weighted by atomic mass is 15.2. The monoisotopic (exact) mass is 250 g/mol. The number of rotatable bonds is 6. The summed E-state index contributed by atoms with van der Waals surface area (Å²) in [5.74, 6) is 1.89. The first-order valence-electron chi connectivity index (χ1n) is 6.65. The van der Waals surface area contributed by atoms with Crippen LogP contribution in [0.1, 0.15) is 39.3 Å². The zero-order valence-corrected chi connectivity index (χ0v) is 12.4. The maximum atomic E-state index is 4.22. The van der Waals surface area contributed by atoms with E-state index in [9.17, 15) is 0 Å². The minimum atomic E-state index is 0.428. The maximum Gasteiger partial charge on any atom is 0.148 e. The molecule has 0 aliphatic rings. The molecule has 0 fully saturated rings. The van der Waals surface area contributed by atoms with Crippen LogP contribution in [0.25, 0.3) is 0 Å². The molecular weight excluding hydrogens is 224 g/mol. The van der Waals surface area contributed by atoms with Crippen molar-refractivity contribution in [1.82, 2.24) is 15.1 Å². The van der Waals surface area contributed by atoms with Gasteiger partial charge in [0.2, 0.25) is 0 Å². The first-order valence-corrected chi connectivity index (χ1v) is 6.65. The molecule has 1 rings (SSSR count). The Bertz CT molecular complexity index is 335. The Morgan fingerprint density at radius 2 is 1.78 bits per heavy atom. The normalized spacial score (nSPS) is 13.4. The lowest BCUT2D eigenvalue weighted by atomic mass is 10.0. The minimum Gasteiger partial charge on any atom is -0.367 e. The van der Waals surface area contributed by atoms with E-state index in [0.717, 1.165) is 18.1 Å². The summed E-state index contributed by atoms with van der Waals surface area (Å²) in [6.45, 7) is 9.61. The van der Waals surface area contributed by atoms with Crippen molar-refractivity contribution < 1.29 is 0 Å². The largest absolute Gasteiger partial charge is 0.367 e. The molecule has 0 unspecified atom stereocenters. The van der Waals surface area contributed by atoms with Crippen LogP contribution in [0.4, 0.5) is 5.82 Å². The fourth-order valence-corrected chi connectivity index (χ4v) is 1.97. The second kappa shape index (κ2) is 6.69. The highest BCUT2D eigenvalue weighted by molar-refractivity contribution is 5.33. The molecule has 0 radical (unpaired) electrons. The van der Waals surface area contributed by atoms with Gasteiger partial charge in [0.1, 0.15) is 5.82 Å². The highest BCUT2D eigenvalue weighted by Crippen LogP contribution is 2.13. The van der Waals surface area contributed by atoms with Gasteiger partial charge in [0.15, 0.2) is 0 Å². The number of aromatic nitrogens is 2. The third-order valence-electron chi connectivity index (χ3n) is 3.20. The van der Waals surface area contributed by atoms with Gasteiger partial charge in [0, 0.05) is 12.6 Å². The van der Waals surface area contributed by atoms with Crippen molar-refractivity contribution >= 4 is 5.82 Å². The van der Waals surface area contributed by atoms with Crippen LogP contribution in [0.5, 0.6) is 0 Å². The van der Waals surface area contributed by atoms with E-state index in [2.05, 4.69) is 62.2 Å². The summed E-state index contributed by atoms with van der Waals surface area (Å²) in [4.78, 5) is 2.24. The summed E-state index contributed by atoms with van der Waals surface area (Å²) >= 11 is 0. The summed E-state index contributed by atoms with van der Waals surface area (Å²) in [5, 5.41) is 11.8. The SMILES string of the molecule is CC(C)c1ccc(NC[C@H](C(C)C)N(C)C)nn1. The van der Waals surface area contributed by atoms with E-state index in [0.29, 0.717) is 17.9 Å². The zero-order valence-electron chi connectivity index (χ0n) is 12.4. The Kier molecular flexibility index (Phi) is 5.54. The molecule has 0 saturated heterocycles. The molecule has 102 valence electrons. The molecule has 1 N–H and O–H groups in total. The molecule has 4 heteroatoms. The van der Waals surface area contributed by atoms with Gasteiger partial charge >= 0.3 is 0 Å². The van der Waals surface area contributed by atoms with E-state index in [1.807, 2.05) is 12.1 Å². The summed E-state index contributed by atoms with van der Waals surface area (Å²) in [6.07, 6.45) is 0. The summed E-state index contributed by atoms with van der Waals surface area (Å²) < 4.78 is 0. The Morgan fingerprint density at radius 3 is 2.17 bits per heavy atom. The molecule has 1 heterocycles. The molecule has 4 nitrogen and oxygen atoms in total. The predicted octanol–water partition coefficient (Wildman–Crippen LogP) is 2.60. The molecular formula is C14H26N4. The molecule has 0 aromatic carbocycles. The topological polar surface area (TPSA) is 41.0 Å². The van der Waals surface area contributed by atoms with Crippen molar-refractivity contribution in [3.63, 3.8) is 0 Å². The van der Waals surface area contributed by atoms with Gasteiger partial charge < -0.3 is 10.2 Å². The Balaban J connectivity index is 2.57. The molecule has 18 heavy (non-hydrogen) atoms. The van der Waals surface area contributed by atoms with Crippen molar-refractivity contribution in [2.75, 3.05) is 26.0 Å². The van der Waals surface area contributed by atoms with Crippen LogP contribution in [-0.4, -0.2) is 41.8 Å². The second-order valence-corrected chi connectivity index (χ2v) is 5.65. The van der Waals surface area contributed by atoms with E-state index in [-0.39, 0.29) is 0 Å². The van der Waals surface area contributed by atoms with Crippen molar-refractivity contribution in [1.29, 1.82) is 0 Å². The Morgan fingerprint density at radius 1 is 1.11 bits per heavy atom. The predicted molar refractivity (Wildman–Crippen MR) is 76.9 cm³/mol. The maximum absolute atomic E-state index is 4.22. The number of hydrogen-bond acceptors (Lipinski definition) is 4. The van der Waals surface area contributed by atoms with Crippen molar-refractivity contribution in [2.45, 2.75) is 39.7 Å². The average Bonchev–Trinajstić information content (AvgIpc) is 2.28. The summed E-state index contributed by atoms with van der Waals surface area (Å²) in [7, 11) is 4.22. The van der Waals surface area contributed by atoms with Crippen LogP contribution in [0, 0.1) is 5.92 Å². The van der Waals surface area contributed by atoms with E-state index >= 15 is 0 Å². The molecule has 1 atom stereocenters. The van der Waals surface area contributed by atoms with Crippen LogP contribution < -0.4 is 5.32 Å². The lowest BCUT2D eigenvalue weighted by Gasteiger charge is -2.28. The van der Waals surface area contributed by atoms with Gasteiger partial charge in [-0.25, -0.2) is 0 Å². The number of anilines is 1. The van der Waals surface area contributed by atoms with Gasteiger partial charge in [-0.15, -0.1) is 5.10 Å². The van der Waals surface area contributed by atoms with Gasteiger partial charge in [-0.2, -0.15) is 5.10 Å². The fourth-order valence-electron chi connectivity index (χ4n) is 1.97. The van der Waals surface area contributed by atoms with Crippen LogP contribution in [0.15, 0.2) is 12.1 Å². The minimum absolute atomic E-state index is 0.428. The van der Waals surface area contributed by atoms with E-state index in [4.69, 9.17) is 0 Å². The summed E-state index contributed by atoms with van der Waals surface area (Å²) in [5.41, 5.74) is 1.04. The lowest BCUT2D eigenvalue weighted by Crippen LogP contribution is -2.38. The van der Waals surface area contributed by atoms with Crippen molar-refractivity contribution in [2.24, 2.45) is 5.92 Å². The van der Waals surface area contributed by atoms with Crippen molar-refractivity contribution in [3.8, 4) is 0 Å². The molecule has 0 bridgehead atoms. The van der Waals surface area contributed by atoms with E-state index < -0.39 is 0 Å². The smallest absolute Gasteiger partial charge is 0.148 e. The standard InChI is InChI=1S/C14H26N4/c1-10(2)12-7-8-14(17-16-12)15-9-13(11(3)4)18(5)6/h7-8,10-11,13H,9H2,1-6H3,(H,15,17)/t13-/m1/s1. The van der Waals surface area contributed by atoms with Gasteiger partial charge in [-0.1, -0.05) is 27.7 Å². The van der Waals surface area contributed by atoms with Gasteiger partial charge in [0.25, 0.3) is 0 Å². The molecule has 0 aliphatic carbocycles. The van der Waals surface area contributed by atoms with Gasteiger partial charge in [-0.05, 0) is 38.1 Å². The third kappa shape index (κ3) is 4.26. The third-order valence-corrected chi connectivity index (χ3v) is 3.20. The van der Waals surface area contributed by atoms with Crippen LogP contribution in [0.2, 0.25) is 0 Å². The average molecular weight is 250 g/mol. The number of hydrogen-bond donors (Lipinski definition) is 1. The Labute approximate surface area is 111 Å².